The van der Waals surface area contributed by atoms with Crippen molar-refractivity contribution in [1.82, 2.24) is 10.3 Å². The summed E-state index contributed by atoms with van der Waals surface area (Å²) in [6, 6.07) is 4.91. The van der Waals surface area contributed by atoms with Crippen LogP contribution in [-0.2, 0) is 0 Å². The van der Waals surface area contributed by atoms with Gasteiger partial charge in [0.25, 0.3) is 0 Å². The molecule has 0 aliphatic heterocycles. The van der Waals surface area contributed by atoms with Gasteiger partial charge < -0.3 is 5.32 Å². The van der Waals surface area contributed by atoms with Gasteiger partial charge in [-0.3, -0.25) is 4.98 Å². The molecule has 0 radical (unpaired) electrons. The first kappa shape index (κ1) is 12.9. The predicted octanol–water partition coefficient (Wildman–Crippen LogP) is 3.34. The molecule has 3 heteroatoms. The summed E-state index contributed by atoms with van der Waals surface area (Å²) in [5.74, 6) is 2.00. The molecule has 1 saturated carbocycles. The van der Waals surface area contributed by atoms with E-state index in [0.29, 0.717) is 0 Å². The van der Waals surface area contributed by atoms with Crippen molar-refractivity contribution < 1.29 is 0 Å². The van der Waals surface area contributed by atoms with Crippen LogP contribution in [0, 0.1) is 5.92 Å². The Morgan fingerprint density at radius 1 is 1.29 bits per heavy atom. The zero-order chi connectivity index (χ0) is 11.9. The van der Waals surface area contributed by atoms with Gasteiger partial charge >= 0.3 is 0 Å². The lowest BCUT2D eigenvalue weighted by Crippen LogP contribution is -2.38. The van der Waals surface area contributed by atoms with Crippen molar-refractivity contribution >= 4 is 11.8 Å². The Balaban J connectivity index is 1.63. The standard InChI is InChI=1S/C14H22N2S/c1-12-4-2-3-5-14(12)16-10-11-17-13-6-8-15-9-7-13/h6-9,12,14,16H,2-5,10-11H2,1H3. The molecule has 0 amide bonds. The molecule has 17 heavy (non-hydrogen) atoms. The van der Waals surface area contributed by atoms with Crippen LogP contribution in [0.2, 0.25) is 0 Å². The molecule has 1 aromatic heterocycles. The number of rotatable bonds is 5. The maximum Gasteiger partial charge on any atom is 0.0278 e. The highest BCUT2D eigenvalue weighted by Gasteiger charge is 2.19. The van der Waals surface area contributed by atoms with Crippen LogP contribution in [0.3, 0.4) is 0 Å². The molecule has 1 aliphatic rings. The molecule has 0 bridgehead atoms. The average Bonchev–Trinajstić information content (AvgIpc) is 2.38. The second kappa shape index (κ2) is 7.02. The van der Waals surface area contributed by atoms with Crippen LogP contribution in [0.15, 0.2) is 29.4 Å². The summed E-state index contributed by atoms with van der Waals surface area (Å²) in [4.78, 5) is 5.35. The number of thioether (sulfide) groups is 1. The first-order chi connectivity index (χ1) is 8.36. The molecule has 2 atom stereocenters. The van der Waals surface area contributed by atoms with Gasteiger partial charge in [0.1, 0.15) is 0 Å². The lowest BCUT2D eigenvalue weighted by Gasteiger charge is -2.29. The van der Waals surface area contributed by atoms with Gasteiger partial charge in [0.05, 0.1) is 0 Å². The summed E-state index contributed by atoms with van der Waals surface area (Å²) in [6.07, 6.45) is 9.30. The highest BCUT2D eigenvalue weighted by Crippen LogP contribution is 2.23. The second-order valence-electron chi connectivity index (χ2n) is 4.85. The molecule has 2 nitrogen and oxygen atoms in total. The lowest BCUT2D eigenvalue weighted by atomic mass is 9.86. The van der Waals surface area contributed by atoms with E-state index in [9.17, 15) is 0 Å². The van der Waals surface area contributed by atoms with E-state index in [1.165, 1.54) is 30.6 Å². The Hall–Kier alpha value is -0.540. The van der Waals surface area contributed by atoms with Crippen LogP contribution in [0.5, 0.6) is 0 Å². The Labute approximate surface area is 109 Å². The van der Waals surface area contributed by atoms with Crippen LogP contribution in [-0.4, -0.2) is 23.3 Å². The molecule has 1 fully saturated rings. The molecule has 1 aliphatic carbocycles. The van der Waals surface area contributed by atoms with E-state index in [1.807, 2.05) is 24.2 Å². The largest absolute Gasteiger partial charge is 0.313 e. The third-order valence-corrected chi connectivity index (χ3v) is 4.55. The molecular weight excluding hydrogens is 228 g/mol. The van der Waals surface area contributed by atoms with E-state index in [0.717, 1.165) is 24.3 Å². The molecule has 2 unspecified atom stereocenters. The Bertz CT molecular complexity index is 315. The van der Waals surface area contributed by atoms with Gasteiger partial charge in [-0.2, -0.15) is 0 Å². The molecule has 0 spiro atoms. The predicted molar refractivity (Wildman–Crippen MR) is 74.4 cm³/mol. The van der Waals surface area contributed by atoms with Crippen molar-refractivity contribution in [2.24, 2.45) is 5.92 Å². The van der Waals surface area contributed by atoms with Crippen LogP contribution in [0.1, 0.15) is 32.6 Å². The number of aromatic nitrogens is 1. The first-order valence-electron chi connectivity index (χ1n) is 6.62. The van der Waals surface area contributed by atoms with Crippen LogP contribution in [0.25, 0.3) is 0 Å². The first-order valence-corrected chi connectivity index (χ1v) is 7.61. The summed E-state index contributed by atoms with van der Waals surface area (Å²) in [7, 11) is 0. The number of hydrogen-bond donors (Lipinski definition) is 1. The maximum atomic E-state index is 4.03. The highest BCUT2D eigenvalue weighted by atomic mass is 32.2. The normalized spacial score (nSPS) is 24.8. The fourth-order valence-electron chi connectivity index (χ4n) is 2.47. The number of nitrogens with zero attached hydrogens (tertiary/aromatic N) is 1. The van der Waals surface area contributed by atoms with Crippen molar-refractivity contribution in [2.75, 3.05) is 12.3 Å². The van der Waals surface area contributed by atoms with Gasteiger partial charge in [-0.1, -0.05) is 19.8 Å². The van der Waals surface area contributed by atoms with E-state index in [1.54, 1.807) is 0 Å². The smallest absolute Gasteiger partial charge is 0.0278 e. The molecule has 1 N–H and O–H groups in total. The van der Waals surface area contributed by atoms with Gasteiger partial charge in [-0.15, -0.1) is 11.8 Å². The zero-order valence-electron chi connectivity index (χ0n) is 10.6. The molecule has 0 aromatic carbocycles. The Morgan fingerprint density at radius 2 is 2.06 bits per heavy atom. The Kier molecular flexibility index (Phi) is 5.33. The van der Waals surface area contributed by atoms with Gasteiger partial charge in [0, 0.05) is 35.6 Å². The third kappa shape index (κ3) is 4.32. The minimum Gasteiger partial charge on any atom is -0.313 e. The summed E-state index contributed by atoms with van der Waals surface area (Å²) in [5, 5.41) is 3.71. The van der Waals surface area contributed by atoms with Gasteiger partial charge in [0.2, 0.25) is 0 Å². The maximum absolute atomic E-state index is 4.03. The Morgan fingerprint density at radius 3 is 2.82 bits per heavy atom. The minimum atomic E-state index is 0.752. The van der Waals surface area contributed by atoms with E-state index in [4.69, 9.17) is 0 Å². The van der Waals surface area contributed by atoms with Crippen molar-refractivity contribution in [3.05, 3.63) is 24.5 Å². The minimum absolute atomic E-state index is 0.752. The molecule has 94 valence electrons. The highest BCUT2D eigenvalue weighted by molar-refractivity contribution is 7.99. The average molecular weight is 250 g/mol. The molecule has 0 saturated heterocycles. The van der Waals surface area contributed by atoms with Crippen LogP contribution >= 0.6 is 11.8 Å². The number of nitrogens with one attached hydrogen (secondary N) is 1. The van der Waals surface area contributed by atoms with E-state index < -0.39 is 0 Å². The van der Waals surface area contributed by atoms with Crippen molar-refractivity contribution in [3.8, 4) is 0 Å². The third-order valence-electron chi connectivity index (χ3n) is 3.54. The quantitative estimate of drug-likeness (QED) is 0.641. The summed E-state index contributed by atoms with van der Waals surface area (Å²) in [6.45, 7) is 3.49. The molecular formula is C14H22N2S. The van der Waals surface area contributed by atoms with Crippen LogP contribution in [0.4, 0.5) is 0 Å². The van der Waals surface area contributed by atoms with Gasteiger partial charge in [0.15, 0.2) is 0 Å². The fourth-order valence-corrected chi connectivity index (χ4v) is 3.24. The molecule has 1 aromatic rings. The fraction of sp³-hybridized carbons (Fsp3) is 0.643. The topological polar surface area (TPSA) is 24.9 Å². The summed E-state index contributed by atoms with van der Waals surface area (Å²) in [5.41, 5.74) is 0. The van der Waals surface area contributed by atoms with Crippen LogP contribution < -0.4 is 5.32 Å². The molecule has 1 heterocycles. The van der Waals surface area contributed by atoms with Gasteiger partial charge in [-0.05, 0) is 30.9 Å². The van der Waals surface area contributed by atoms with E-state index in [-0.39, 0.29) is 0 Å². The van der Waals surface area contributed by atoms with E-state index in [2.05, 4.69) is 29.4 Å². The van der Waals surface area contributed by atoms with E-state index >= 15 is 0 Å². The zero-order valence-corrected chi connectivity index (χ0v) is 11.4. The van der Waals surface area contributed by atoms with Crippen molar-refractivity contribution in [1.29, 1.82) is 0 Å². The second-order valence-corrected chi connectivity index (χ2v) is 6.02. The summed E-state index contributed by atoms with van der Waals surface area (Å²) >= 11 is 1.91. The SMILES string of the molecule is CC1CCCCC1NCCSc1ccncc1. The number of pyridine rings is 1. The van der Waals surface area contributed by atoms with Crippen molar-refractivity contribution in [2.45, 2.75) is 43.5 Å². The summed E-state index contributed by atoms with van der Waals surface area (Å²) < 4.78 is 0. The van der Waals surface area contributed by atoms with Gasteiger partial charge in [-0.25, -0.2) is 0 Å². The number of hydrogen-bond acceptors (Lipinski definition) is 3. The lowest BCUT2D eigenvalue weighted by molar-refractivity contribution is 0.285. The molecule has 2 rings (SSSR count). The van der Waals surface area contributed by atoms with Crippen molar-refractivity contribution in [3.63, 3.8) is 0 Å². The monoisotopic (exact) mass is 250 g/mol.